The monoisotopic (exact) mass is 332 g/mol. The highest BCUT2D eigenvalue weighted by molar-refractivity contribution is 5.66. The second-order valence-electron chi connectivity index (χ2n) is 6.10. The first-order valence-corrected chi connectivity index (χ1v) is 8.42. The van der Waals surface area contributed by atoms with E-state index in [2.05, 4.69) is 32.7 Å². The summed E-state index contributed by atoms with van der Waals surface area (Å²) in [5.74, 6) is 2.21. The Labute approximate surface area is 147 Å². The molecule has 0 spiro atoms. The topological polar surface area (TPSA) is 59.1 Å². The maximum absolute atomic E-state index is 5.28. The third-order valence-electron chi connectivity index (χ3n) is 4.05. The van der Waals surface area contributed by atoms with E-state index in [1.54, 1.807) is 7.11 Å². The van der Waals surface area contributed by atoms with Crippen molar-refractivity contribution in [3.63, 3.8) is 0 Å². The molecule has 0 amide bonds. The van der Waals surface area contributed by atoms with Gasteiger partial charge in [0, 0.05) is 29.4 Å². The molecule has 126 valence electrons. The number of nitrogens with zero attached hydrogens (tertiary/aromatic N) is 2. The Balaban J connectivity index is 1.67. The van der Waals surface area contributed by atoms with Crippen molar-refractivity contribution in [2.45, 2.75) is 18.9 Å². The molecule has 25 heavy (non-hydrogen) atoms. The van der Waals surface area contributed by atoms with Crippen LogP contribution in [0.25, 0.3) is 11.3 Å². The number of benzene rings is 2. The molecule has 2 N–H and O–H groups in total. The number of ether oxygens (including phenoxy) is 1. The molecule has 0 aliphatic heterocycles. The maximum Gasteiger partial charge on any atom is 0.229 e. The normalized spacial score (nSPS) is 13.3. The molecule has 1 aromatic heterocycles. The van der Waals surface area contributed by atoms with Crippen LogP contribution in [0.3, 0.4) is 0 Å². The van der Waals surface area contributed by atoms with E-state index in [0.29, 0.717) is 12.0 Å². The number of hydrogen-bond donors (Lipinski definition) is 2. The first-order valence-electron chi connectivity index (χ1n) is 8.42. The molecule has 0 atom stereocenters. The molecule has 5 nitrogen and oxygen atoms in total. The van der Waals surface area contributed by atoms with Gasteiger partial charge in [0.2, 0.25) is 5.95 Å². The predicted octanol–water partition coefficient (Wildman–Crippen LogP) is 4.47. The lowest BCUT2D eigenvalue weighted by Crippen LogP contribution is -2.06. The van der Waals surface area contributed by atoms with Crippen molar-refractivity contribution >= 4 is 17.5 Å². The van der Waals surface area contributed by atoms with Crippen molar-refractivity contribution < 1.29 is 4.74 Å². The molecule has 0 radical (unpaired) electrons. The minimum Gasteiger partial charge on any atom is -0.497 e. The molecule has 5 heteroatoms. The zero-order valence-electron chi connectivity index (χ0n) is 14.1. The van der Waals surface area contributed by atoms with E-state index < -0.39 is 0 Å². The van der Waals surface area contributed by atoms with E-state index in [4.69, 9.17) is 4.74 Å². The molecular formula is C20H20N4O. The number of methoxy groups -OCH3 is 1. The maximum atomic E-state index is 5.28. The molecule has 1 heterocycles. The van der Waals surface area contributed by atoms with E-state index in [-0.39, 0.29) is 0 Å². The van der Waals surface area contributed by atoms with Gasteiger partial charge in [0.15, 0.2) is 0 Å². The molecule has 1 aliphatic carbocycles. The van der Waals surface area contributed by atoms with Crippen LogP contribution in [0.2, 0.25) is 0 Å². The van der Waals surface area contributed by atoms with Gasteiger partial charge < -0.3 is 15.4 Å². The second kappa shape index (κ2) is 6.81. The lowest BCUT2D eigenvalue weighted by atomic mass is 10.1. The van der Waals surface area contributed by atoms with E-state index >= 15 is 0 Å². The van der Waals surface area contributed by atoms with Gasteiger partial charge in [-0.1, -0.05) is 36.4 Å². The Morgan fingerprint density at radius 1 is 0.960 bits per heavy atom. The molecule has 0 saturated heterocycles. The summed E-state index contributed by atoms with van der Waals surface area (Å²) in [6, 6.07) is 20.4. The molecule has 0 unspecified atom stereocenters. The van der Waals surface area contributed by atoms with Gasteiger partial charge in [-0.3, -0.25) is 0 Å². The van der Waals surface area contributed by atoms with Gasteiger partial charge in [0.05, 0.1) is 12.8 Å². The van der Waals surface area contributed by atoms with Gasteiger partial charge in [-0.15, -0.1) is 0 Å². The van der Waals surface area contributed by atoms with Crippen molar-refractivity contribution in [1.29, 1.82) is 0 Å². The Kier molecular flexibility index (Phi) is 4.21. The summed E-state index contributed by atoms with van der Waals surface area (Å²) < 4.78 is 5.28. The molecule has 1 aliphatic rings. The molecule has 3 aromatic rings. The standard InChI is InChI=1S/C20H20N4O/c1-25-17-9-5-8-16(12-17)22-20-23-18(14-6-3-2-4-7-14)13-19(24-20)21-15-10-11-15/h2-9,12-13,15H,10-11H2,1H3,(H2,21,22,23,24). The molecule has 1 fully saturated rings. The minimum absolute atomic E-state index is 0.531. The van der Waals surface area contributed by atoms with Crippen LogP contribution in [0.5, 0.6) is 5.75 Å². The number of nitrogens with one attached hydrogen (secondary N) is 2. The summed E-state index contributed by atoms with van der Waals surface area (Å²) in [5.41, 5.74) is 2.85. The van der Waals surface area contributed by atoms with Crippen LogP contribution in [0.15, 0.2) is 60.7 Å². The molecule has 1 saturated carbocycles. The van der Waals surface area contributed by atoms with Gasteiger partial charge in [0.25, 0.3) is 0 Å². The van der Waals surface area contributed by atoms with Crippen LogP contribution >= 0.6 is 0 Å². The van der Waals surface area contributed by atoms with Crippen molar-refractivity contribution in [2.75, 3.05) is 17.7 Å². The summed E-state index contributed by atoms with van der Waals surface area (Å²) in [4.78, 5) is 9.29. The van der Waals surface area contributed by atoms with Crippen LogP contribution in [-0.2, 0) is 0 Å². The lowest BCUT2D eigenvalue weighted by molar-refractivity contribution is 0.415. The summed E-state index contributed by atoms with van der Waals surface area (Å²) in [5, 5.41) is 6.74. The smallest absolute Gasteiger partial charge is 0.229 e. The predicted molar refractivity (Wildman–Crippen MR) is 100 cm³/mol. The fourth-order valence-corrected chi connectivity index (χ4v) is 2.60. The van der Waals surface area contributed by atoms with Gasteiger partial charge >= 0.3 is 0 Å². The van der Waals surface area contributed by atoms with E-state index in [1.807, 2.05) is 48.5 Å². The van der Waals surface area contributed by atoms with Gasteiger partial charge in [-0.25, -0.2) is 4.98 Å². The van der Waals surface area contributed by atoms with Crippen LogP contribution in [0, 0.1) is 0 Å². The Morgan fingerprint density at radius 2 is 1.80 bits per heavy atom. The van der Waals surface area contributed by atoms with Crippen molar-refractivity contribution in [1.82, 2.24) is 9.97 Å². The number of rotatable bonds is 6. The Morgan fingerprint density at radius 3 is 2.56 bits per heavy atom. The number of hydrogen-bond acceptors (Lipinski definition) is 5. The third-order valence-corrected chi connectivity index (χ3v) is 4.05. The van der Waals surface area contributed by atoms with E-state index in [9.17, 15) is 0 Å². The van der Waals surface area contributed by atoms with Crippen molar-refractivity contribution in [2.24, 2.45) is 0 Å². The summed E-state index contributed by atoms with van der Waals surface area (Å²) in [7, 11) is 1.66. The van der Waals surface area contributed by atoms with E-state index in [1.165, 1.54) is 12.8 Å². The largest absolute Gasteiger partial charge is 0.497 e. The van der Waals surface area contributed by atoms with Gasteiger partial charge in [-0.05, 0) is 25.0 Å². The number of aromatic nitrogens is 2. The third kappa shape index (κ3) is 3.88. The zero-order valence-corrected chi connectivity index (χ0v) is 14.1. The zero-order chi connectivity index (χ0) is 17.1. The Bertz CT molecular complexity index is 863. The van der Waals surface area contributed by atoms with E-state index in [0.717, 1.165) is 28.5 Å². The van der Waals surface area contributed by atoms with Gasteiger partial charge in [-0.2, -0.15) is 4.98 Å². The molecular weight excluding hydrogens is 312 g/mol. The fourth-order valence-electron chi connectivity index (χ4n) is 2.60. The SMILES string of the molecule is COc1cccc(Nc2nc(NC3CC3)cc(-c3ccccc3)n2)c1. The van der Waals surface area contributed by atoms with Crippen molar-refractivity contribution in [3.8, 4) is 17.0 Å². The first kappa shape index (κ1) is 15.4. The number of anilines is 3. The van der Waals surface area contributed by atoms with Crippen LogP contribution < -0.4 is 15.4 Å². The Hall–Kier alpha value is -3.08. The molecule has 4 rings (SSSR count). The average molecular weight is 332 g/mol. The van der Waals surface area contributed by atoms with Crippen LogP contribution in [-0.4, -0.2) is 23.1 Å². The average Bonchev–Trinajstić information content (AvgIpc) is 3.46. The lowest BCUT2D eigenvalue weighted by Gasteiger charge is -2.11. The summed E-state index contributed by atoms with van der Waals surface area (Å²) in [6.07, 6.45) is 2.40. The molecule has 0 bridgehead atoms. The van der Waals surface area contributed by atoms with Gasteiger partial charge in [0.1, 0.15) is 11.6 Å². The highest BCUT2D eigenvalue weighted by atomic mass is 16.5. The first-order chi connectivity index (χ1) is 12.3. The van der Waals surface area contributed by atoms with Crippen LogP contribution in [0.1, 0.15) is 12.8 Å². The quantitative estimate of drug-likeness (QED) is 0.697. The summed E-state index contributed by atoms with van der Waals surface area (Å²) in [6.45, 7) is 0. The molecule has 2 aromatic carbocycles. The highest BCUT2D eigenvalue weighted by Gasteiger charge is 2.22. The highest BCUT2D eigenvalue weighted by Crippen LogP contribution is 2.28. The summed E-state index contributed by atoms with van der Waals surface area (Å²) >= 11 is 0. The minimum atomic E-state index is 0.531. The fraction of sp³-hybridized carbons (Fsp3) is 0.200. The van der Waals surface area contributed by atoms with Crippen LogP contribution in [0.4, 0.5) is 17.5 Å². The second-order valence-corrected chi connectivity index (χ2v) is 6.10. The van der Waals surface area contributed by atoms with Crippen molar-refractivity contribution in [3.05, 3.63) is 60.7 Å².